The SMILES string of the molecule is Cc1cc(CNC(C)C)nc(N2CCOCC2)n1. The minimum absolute atomic E-state index is 0.465. The maximum atomic E-state index is 5.35. The van der Waals surface area contributed by atoms with E-state index in [9.17, 15) is 0 Å². The summed E-state index contributed by atoms with van der Waals surface area (Å²) in [6.07, 6.45) is 0. The van der Waals surface area contributed by atoms with Crippen molar-refractivity contribution in [3.8, 4) is 0 Å². The topological polar surface area (TPSA) is 50.3 Å². The molecule has 1 N–H and O–H groups in total. The molecule has 1 aromatic heterocycles. The fraction of sp³-hybridized carbons (Fsp3) is 0.692. The average molecular weight is 250 g/mol. The van der Waals surface area contributed by atoms with Crippen LogP contribution in [0.3, 0.4) is 0 Å². The van der Waals surface area contributed by atoms with Crippen LogP contribution in [-0.4, -0.2) is 42.3 Å². The summed E-state index contributed by atoms with van der Waals surface area (Å²) in [5.74, 6) is 0.832. The molecule has 1 fully saturated rings. The largest absolute Gasteiger partial charge is 0.378 e. The van der Waals surface area contributed by atoms with Crippen LogP contribution < -0.4 is 10.2 Å². The van der Waals surface area contributed by atoms with E-state index in [4.69, 9.17) is 4.74 Å². The molecule has 0 amide bonds. The van der Waals surface area contributed by atoms with E-state index >= 15 is 0 Å². The molecule has 0 aromatic carbocycles. The molecule has 5 nitrogen and oxygen atoms in total. The Kier molecular flexibility index (Phi) is 4.49. The third kappa shape index (κ3) is 3.65. The van der Waals surface area contributed by atoms with E-state index in [1.807, 2.05) is 13.0 Å². The summed E-state index contributed by atoms with van der Waals surface area (Å²) in [5.41, 5.74) is 2.07. The first-order chi connectivity index (χ1) is 8.65. The van der Waals surface area contributed by atoms with Gasteiger partial charge in [0.2, 0.25) is 5.95 Å². The zero-order chi connectivity index (χ0) is 13.0. The summed E-state index contributed by atoms with van der Waals surface area (Å²) in [6, 6.07) is 2.51. The predicted molar refractivity (Wildman–Crippen MR) is 71.8 cm³/mol. The third-order valence-corrected chi connectivity index (χ3v) is 2.88. The highest BCUT2D eigenvalue weighted by molar-refractivity contribution is 5.32. The third-order valence-electron chi connectivity index (χ3n) is 2.88. The Morgan fingerprint density at radius 3 is 2.72 bits per heavy atom. The molecule has 1 saturated heterocycles. The quantitative estimate of drug-likeness (QED) is 0.868. The number of aryl methyl sites for hydroxylation is 1. The van der Waals surface area contributed by atoms with E-state index in [2.05, 4.69) is 34.0 Å². The lowest BCUT2D eigenvalue weighted by atomic mass is 10.3. The highest BCUT2D eigenvalue weighted by Crippen LogP contribution is 2.12. The molecule has 5 heteroatoms. The number of aromatic nitrogens is 2. The number of hydrogen-bond acceptors (Lipinski definition) is 5. The van der Waals surface area contributed by atoms with Crippen molar-refractivity contribution < 1.29 is 4.74 Å². The molecule has 0 radical (unpaired) electrons. The van der Waals surface area contributed by atoms with E-state index in [0.717, 1.165) is 50.2 Å². The Morgan fingerprint density at radius 1 is 1.33 bits per heavy atom. The van der Waals surface area contributed by atoms with Crippen molar-refractivity contribution in [3.63, 3.8) is 0 Å². The van der Waals surface area contributed by atoms with Gasteiger partial charge in [-0.15, -0.1) is 0 Å². The highest BCUT2D eigenvalue weighted by Gasteiger charge is 2.14. The van der Waals surface area contributed by atoms with Gasteiger partial charge in [-0.3, -0.25) is 0 Å². The van der Waals surface area contributed by atoms with Crippen molar-refractivity contribution in [1.29, 1.82) is 0 Å². The molecule has 1 aromatic rings. The van der Waals surface area contributed by atoms with Crippen molar-refractivity contribution in [2.45, 2.75) is 33.4 Å². The van der Waals surface area contributed by atoms with Crippen LogP contribution in [0.4, 0.5) is 5.95 Å². The van der Waals surface area contributed by atoms with Crippen LogP contribution in [0.2, 0.25) is 0 Å². The Bertz CT molecular complexity index is 389. The molecular weight excluding hydrogens is 228 g/mol. The second-order valence-corrected chi connectivity index (χ2v) is 4.94. The maximum absolute atomic E-state index is 5.35. The fourth-order valence-corrected chi connectivity index (χ4v) is 1.92. The van der Waals surface area contributed by atoms with Crippen molar-refractivity contribution >= 4 is 5.95 Å². The lowest BCUT2D eigenvalue weighted by Gasteiger charge is -2.27. The van der Waals surface area contributed by atoms with Gasteiger partial charge in [0, 0.05) is 31.4 Å². The van der Waals surface area contributed by atoms with E-state index in [0.29, 0.717) is 6.04 Å². The molecule has 1 aliphatic heterocycles. The van der Waals surface area contributed by atoms with Crippen LogP contribution in [0.25, 0.3) is 0 Å². The van der Waals surface area contributed by atoms with E-state index in [1.165, 1.54) is 0 Å². The van der Waals surface area contributed by atoms with Crippen molar-refractivity contribution in [2.24, 2.45) is 0 Å². The lowest BCUT2D eigenvalue weighted by molar-refractivity contribution is 0.122. The molecule has 100 valence electrons. The van der Waals surface area contributed by atoms with Gasteiger partial charge in [0.15, 0.2) is 0 Å². The molecule has 0 aliphatic carbocycles. The Balaban J connectivity index is 2.09. The second kappa shape index (κ2) is 6.11. The van der Waals surface area contributed by atoms with Gasteiger partial charge in [0.05, 0.1) is 18.9 Å². The van der Waals surface area contributed by atoms with E-state index < -0.39 is 0 Å². The van der Waals surface area contributed by atoms with Crippen molar-refractivity contribution in [2.75, 3.05) is 31.2 Å². The normalized spacial score (nSPS) is 16.3. The molecule has 2 rings (SSSR count). The molecule has 0 atom stereocenters. The van der Waals surface area contributed by atoms with Gasteiger partial charge in [0.25, 0.3) is 0 Å². The van der Waals surface area contributed by atoms with E-state index in [-0.39, 0.29) is 0 Å². The van der Waals surface area contributed by atoms with Gasteiger partial charge in [-0.05, 0) is 13.0 Å². The smallest absolute Gasteiger partial charge is 0.225 e. The first-order valence-electron chi connectivity index (χ1n) is 6.56. The van der Waals surface area contributed by atoms with Crippen LogP contribution in [0.15, 0.2) is 6.07 Å². The lowest BCUT2D eigenvalue weighted by Crippen LogP contribution is -2.37. The average Bonchev–Trinajstić information content (AvgIpc) is 2.37. The number of nitrogens with zero attached hydrogens (tertiary/aromatic N) is 3. The van der Waals surface area contributed by atoms with Crippen LogP contribution in [0.5, 0.6) is 0 Å². The summed E-state index contributed by atoms with van der Waals surface area (Å²) >= 11 is 0. The summed E-state index contributed by atoms with van der Waals surface area (Å²) in [7, 11) is 0. The number of hydrogen-bond donors (Lipinski definition) is 1. The first kappa shape index (κ1) is 13.2. The van der Waals surface area contributed by atoms with Gasteiger partial charge in [0.1, 0.15) is 0 Å². The van der Waals surface area contributed by atoms with Crippen LogP contribution >= 0.6 is 0 Å². The van der Waals surface area contributed by atoms with E-state index in [1.54, 1.807) is 0 Å². The molecule has 0 spiro atoms. The molecule has 0 unspecified atom stereocenters. The summed E-state index contributed by atoms with van der Waals surface area (Å²) in [4.78, 5) is 11.3. The van der Waals surface area contributed by atoms with Gasteiger partial charge in [-0.2, -0.15) is 0 Å². The van der Waals surface area contributed by atoms with Crippen LogP contribution in [-0.2, 0) is 11.3 Å². The zero-order valence-corrected chi connectivity index (χ0v) is 11.4. The Labute approximate surface area is 109 Å². The van der Waals surface area contributed by atoms with Crippen LogP contribution in [0, 0.1) is 6.92 Å². The number of rotatable bonds is 4. The van der Waals surface area contributed by atoms with Crippen molar-refractivity contribution in [1.82, 2.24) is 15.3 Å². The standard InChI is InChI=1S/C13H22N4O/c1-10(2)14-9-12-8-11(3)15-13(16-12)17-4-6-18-7-5-17/h8,10,14H,4-7,9H2,1-3H3. The van der Waals surface area contributed by atoms with Gasteiger partial charge >= 0.3 is 0 Å². The summed E-state index contributed by atoms with van der Waals surface area (Å²) in [6.45, 7) is 10.4. The molecule has 0 bridgehead atoms. The summed E-state index contributed by atoms with van der Waals surface area (Å²) in [5, 5.41) is 3.39. The number of anilines is 1. The Morgan fingerprint density at radius 2 is 2.06 bits per heavy atom. The zero-order valence-electron chi connectivity index (χ0n) is 11.4. The number of morpholine rings is 1. The molecule has 2 heterocycles. The number of nitrogens with one attached hydrogen (secondary N) is 1. The highest BCUT2D eigenvalue weighted by atomic mass is 16.5. The molecule has 1 aliphatic rings. The minimum Gasteiger partial charge on any atom is -0.378 e. The first-order valence-corrected chi connectivity index (χ1v) is 6.56. The monoisotopic (exact) mass is 250 g/mol. The minimum atomic E-state index is 0.465. The molecular formula is C13H22N4O. The predicted octanol–water partition coefficient (Wildman–Crippen LogP) is 1.12. The maximum Gasteiger partial charge on any atom is 0.225 e. The Hall–Kier alpha value is -1.20. The molecule has 0 saturated carbocycles. The fourth-order valence-electron chi connectivity index (χ4n) is 1.92. The van der Waals surface area contributed by atoms with Gasteiger partial charge in [-0.25, -0.2) is 9.97 Å². The molecule has 18 heavy (non-hydrogen) atoms. The van der Waals surface area contributed by atoms with Crippen molar-refractivity contribution in [3.05, 3.63) is 17.5 Å². The number of ether oxygens (including phenoxy) is 1. The van der Waals surface area contributed by atoms with Gasteiger partial charge in [-0.1, -0.05) is 13.8 Å². The summed E-state index contributed by atoms with van der Waals surface area (Å²) < 4.78 is 5.35. The van der Waals surface area contributed by atoms with Crippen LogP contribution in [0.1, 0.15) is 25.2 Å². The van der Waals surface area contributed by atoms with Gasteiger partial charge < -0.3 is 15.0 Å². The second-order valence-electron chi connectivity index (χ2n) is 4.94.